The second-order valence-electron chi connectivity index (χ2n) is 8.11. The van der Waals surface area contributed by atoms with E-state index in [2.05, 4.69) is 6.58 Å². The fraction of sp³-hybridized carbons (Fsp3) is 0.765. The van der Waals surface area contributed by atoms with Gasteiger partial charge in [0.25, 0.3) is 10.1 Å². The van der Waals surface area contributed by atoms with Gasteiger partial charge in [-0.1, -0.05) is 6.58 Å². The van der Waals surface area contributed by atoms with Crippen LogP contribution < -0.4 is 5.11 Å². The molecular formula is C17H35N2O7S+. The molecule has 0 aliphatic rings. The molecule has 0 fully saturated rings. The van der Waals surface area contributed by atoms with Crippen LogP contribution in [0.15, 0.2) is 12.2 Å². The number of unbranched alkanes of at least 4 members (excludes halogenated alkanes) is 1. The number of carbonyl (C=O) groups is 2. The van der Waals surface area contributed by atoms with Crippen molar-refractivity contribution < 1.29 is 41.4 Å². The monoisotopic (exact) mass is 411 g/mol. The number of likely N-dealkylation sites (N-methyl/N-ethyl adjacent to an activating group) is 2. The van der Waals surface area contributed by atoms with E-state index < -0.39 is 22.1 Å². The van der Waals surface area contributed by atoms with E-state index >= 15 is 0 Å². The Morgan fingerprint density at radius 1 is 1.07 bits per heavy atom. The van der Waals surface area contributed by atoms with Gasteiger partial charge in [-0.3, -0.25) is 4.55 Å². The van der Waals surface area contributed by atoms with Crippen molar-refractivity contribution in [2.45, 2.75) is 19.8 Å². The average molecular weight is 412 g/mol. The van der Waals surface area contributed by atoms with E-state index in [1.807, 2.05) is 14.1 Å². The standard InChI is InChI=1S/C12H23NO5S.C5H11NO2/c1-11(2)12(14)18-9-8-13(3,4)7-5-6-10-19(15,16)17;1-6(2,3)4-5(7)8/h1,5-10H2,2-4H3;4H2,1-3H3/p+1. The summed E-state index contributed by atoms with van der Waals surface area (Å²) in [4.78, 5) is 21.1. The molecule has 0 spiro atoms. The number of carboxylic acid groups (broad SMARTS) is 1. The van der Waals surface area contributed by atoms with Gasteiger partial charge in [0, 0.05) is 5.57 Å². The zero-order valence-electron chi connectivity index (χ0n) is 17.4. The Bertz CT molecular complexity index is 593. The molecule has 0 bridgehead atoms. The Labute approximate surface area is 163 Å². The van der Waals surface area contributed by atoms with Gasteiger partial charge in [-0.25, -0.2) is 4.79 Å². The summed E-state index contributed by atoms with van der Waals surface area (Å²) in [5.41, 5.74) is 0.374. The molecule has 0 aromatic carbocycles. The molecule has 0 saturated carbocycles. The number of aliphatic carboxylic acids is 1. The van der Waals surface area contributed by atoms with Crippen molar-refractivity contribution in [2.24, 2.45) is 0 Å². The second-order valence-corrected chi connectivity index (χ2v) is 9.68. The number of hydrogen-bond donors (Lipinski definition) is 1. The van der Waals surface area contributed by atoms with Crippen LogP contribution in [0.25, 0.3) is 0 Å². The maximum atomic E-state index is 11.2. The Morgan fingerprint density at radius 3 is 1.93 bits per heavy atom. The van der Waals surface area contributed by atoms with Crippen LogP contribution >= 0.6 is 0 Å². The van der Waals surface area contributed by atoms with Crippen molar-refractivity contribution in [2.75, 3.05) is 67.2 Å². The molecule has 10 heteroatoms. The third kappa shape index (κ3) is 22.5. The highest BCUT2D eigenvalue weighted by Crippen LogP contribution is 2.04. The number of quaternary nitrogens is 2. The summed E-state index contributed by atoms with van der Waals surface area (Å²) in [7, 11) is 5.49. The molecular weight excluding hydrogens is 376 g/mol. The van der Waals surface area contributed by atoms with Crippen molar-refractivity contribution in [1.82, 2.24) is 0 Å². The van der Waals surface area contributed by atoms with E-state index in [1.165, 1.54) is 0 Å². The Morgan fingerprint density at radius 2 is 1.59 bits per heavy atom. The molecule has 0 heterocycles. The maximum Gasteiger partial charge on any atom is 0.333 e. The van der Waals surface area contributed by atoms with Crippen LogP contribution in [0.3, 0.4) is 0 Å². The van der Waals surface area contributed by atoms with Crippen LogP contribution in [0.5, 0.6) is 0 Å². The van der Waals surface area contributed by atoms with Crippen LogP contribution in [0.2, 0.25) is 0 Å². The minimum Gasteiger partial charge on any atom is -0.544 e. The molecule has 1 N–H and O–H groups in total. The highest BCUT2D eigenvalue weighted by molar-refractivity contribution is 7.85. The van der Waals surface area contributed by atoms with Gasteiger partial charge in [0.15, 0.2) is 0 Å². The Balaban J connectivity index is 0. The topological polar surface area (TPSA) is 121 Å². The predicted molar refractivity (Wildman–Crippen MR) is 101 cm³/mol. The molecule has 27 heavy (non-hydrogen) atoms. The highest BCUT2D eigenvalue weighted by atomic mass is 32.2. The van der Waals surface area contributed by atoms with E-state index in [0.29, 0.717) is 40.5 Å². The van der Waals surface area contributed by atoms with Crippen LogP contribution in [0, 0.1) is 0 Å². The molecule has 9 nitrogen and oxygen atoms in total. The summed E-state index contributed by atoms with van der Waals surface area (Å²) in [6, 6.07) is 0. The highest BCUT2D eigenvalue weighted by Gasteiger charge is 2.16. The molecule has 0 saturated heterocycles. The molecule has 0 rings (SSSR count). The quantitative estimate of drug-likeness (QED) is 0.157. The molecule has 0 unspecified atom stereocenters. The molecule has 0 aromatic heterocycles. The maximum absolute atomic E-state index is 11.2. The smallest absolute Gasteiger partial charge is 0.333 e. The first-order chi connectivity index (χ1) is 12.0. The van der Waals surface area contributed by atoms with Crippen molar-refractivity contribution >= 4 is 22.1 Å². The van der Waals surface area contributed by atoms with Crippen molar-refractivity contribution in [3.8, 4) is 0 Å². The summed E-state index contributed by atoms with van der Waals surface area (Å²) < 4.78 is 35.8. The van der Waals surface area contributed by atoms with Crippen molar-refractivity contribution in [3.63, 3.8) is 0 Å². The first kappa shape index (κ1) is 27.7. The zero-order chi connectivity index (χ0) is 21.9. The lowest BCUT2D eigenvalue weighted by molar-refractivity contribution is -0.890. The van der Waals surface area contributed by atoms with Crippen molar-refractivity contribution in [1.29, 1.82) is 0 Å². The molecule has 0 atom stereocenters. The summed E-state index contributed by atoms with van der Waals surface area (Å²) >= 11 is 0. The fourth-order valence-electron chi connectivity index (χ4n) is 1.83. The number of nitrogens with zero attached hydrogens (tertiary/aromatic N) is 2. The van der Waals surface area contributed by atoms with Crippen molar-refractivity contribution in [3.05, 3.63) is 12.2 Å². The third-order valence-corrected chi connectivity index (χ3v) is 4.10. The summed E-state index contributed by atoms with van der Waals surface area (Å²) in [6.07, 6.45) is 1.10. The first-order valence-corrected chi connectivity index (χ1v) is 10.2. The number of hydrogen-bond acceptors (Lipinski definition) is 6. The van der Waals surface area contributed by atoms with E-state index in [1.54, 1.807) is 28.1 Å². The summed E-state index contributed by atoms with van der Waals surface area (Å²) in [6.45, 7) is 6.85. The van der Waals surface area contributed by atoms with Crippen LogP contribution in [-0.2, 0) is 24.4 Å². The van der Waals surface area contributed by atoms with Gasteiger partial charge in [-0.05, 0) is 19.8 Å². The number of carbonyl (C=O) groups excluding carboxylic acids is 2. The third-order valence-electron chi connectivity index (χ3n) is 3.30. The fourth-order valence-corrected chi connectivity index (χ4v) is 2.40. The van der Waals surface area contributed by atoms with Gasteiger partial charge in [0.1, 0.15) is 19.7 Å². The SMILES string of the molecule is C=C(C)C(=O)OCC[N+](C)(C)CCCCS(=O)(=O)O.C[N+](C)(C)CC(=O)[O-]. The predicted octanol–water partition coefficient (Wildman–Crippen LogP) is -0.707. The number of ether oxygens (including phenoxy) is 1. The van der Waals surface area contributed by atoms with Gasteiger partial charge in [0.05, 0.1) is 53.5 Å². The van der Waals surface area contributed by atoms with Gasteiger partial charge in [-0.2, -0.15) is 8.42 Å². The van der Waals surface area contributed by atoms with Gasteiger partial charge in [-0.15, -0.1) is 0 Å². The molecule has 0 radical (unpaired) electrons. The minimum atomic E-state index is -3.87. The van der Waals surface area contributed by atoms with E-state index in [4.69, 9.17) is 9.29 Å². The zero-order valence-corrected chi connectivity index (χ0v) is 18.2. The number of carboxylic acids is 1. The minimum absolute atomic E-state index is 0.0694. The first-order valence-electron chi connectivity index (χ1n) is 8.55. The Kier molecular flexibility index (Phi) is 12.4. The van der Waals surface area contributed by atoms with Crippen LogP contribution in [-0.4, -0.2) is 101 Å². The lowest BCUT2D eigenvalue weighted by Gasteiger charge is -2.29. The molecule has 0 aromatic rings. The average Bonchev–Trinajstić information content (AvgIpc) is 2.40. The van der Waals surface area contributed by atoms with E-state index in [-0.39, 0.29) is 12.3 Å². The van der Waals surface area contributed by atoms with Gasteiger partial charge < -0.3 is 23.6 Å². The summed E-state index contributed by atoms with van der Waals surface area (Å²) in [5, 5.41) is 9.89. The van der Waals surface area contributed by atoms with E-state index in [0.717, 1.165) is 6.54 Å². The lowest BCUT2D eigenvalue weighted by Crippen LogP contribution is -2.45. The number of esters is 1. The lowest BCUT2D eigenvalue weighted by atomic mass is 10.3. The second kappa shape index (κ2) is 12.1. The summed E-state index contributed by atoms with van der Waals surface area (Å²) in [5.74, 6) is -1.61. The Hall–Kier alpha value is -1.49. The van der Waals surface area contributed by atoms with Gasteiger partial charge in [0.2, 0.25) is 0 Å². The number of rotatable bonds is 11. The molecule has 160 valence electrons. The molecule has 0 aliphatic carbocycles. The van der Waals surface area contributed by atoms with Crippen LogP contribution in [0.4, 0.5) is 0 Å². The normalized spacial score (nSPS) is 12.0. The van der Waals surface area contributed by atoms with E-state index in [9.17, 15) is 23.1 Å². The largest absolute Gasteiger partial charge is 0.544 e. The van der Waals surface area contributed by atoms with Crippen LogP contribution in [0.1, 0.15) is 19.8 Å². The molecule has 0 aliphatic heterocycles. The molecule has 0 amide bonds. The van der Waals surface area contributed by atoms with Gasteiger partial charge >= 0.3 is 5.97 Å².